The normalized spacial score (nSPS) is 13.5. The molecule has 2 nitrogen and oxygen atoms in total. The first-order valence-electron chi connectivity index (χ1n) is 4.47. The van der Waals surface area contributed by atoms with Crippen molar-refractivity contribution >= 4 is 0 Å². The molecule has 15 heavy (non-hydrogen) atoms. The van der Waals surface area contributed by atoms with E-state index in [1.54, 1.807) is 13.0 Å². The Balaban J connectivity index is 5.30. The van der Waals surface area contributed by atoms with Gasteiger partial charge in [-0.25, -0.2) is 0 Å². The second kappa shape index (κ2) is 6.49. The van der Waals surface area contributed by atoms with Crippen LogP contribution in [0.4, 0.5) is 0 Å². The van der Waals surface area contributed by atoms with Gasteiger partial charge in [-0.3, -0.25) is 0 Å². The van der Waals surface area contributed by atoms with Crippen LogP contribution in [0.2, 0.25) is 0 Å². The van der Waals surface area contributed by atoms with Crippen molar-refractivity contribution in [3.63, 3.8) is 0 Å². The second-order valence-corrected chi connectivity index (χ2v) is 2.79. The third-order valence-electron chi connectivity index (χ3n) is 1.69. The highest BCUT2D eigenvalue weighted by Crippen LogP contribution is 2.19. The monoisotopic (exact) mass is 204 g/mol. The van der Waals surface area contributed by atoms with E-state index in [-0.39, 0.29) is 11.5 Å². The molecule has 0 heterocycles. The average Bonchev–Trinajstić information content (AvgIpc) is 2.17. The molecule has 80 valence electrons. The number of hydrogen-bond acceptors (Lipinski definition) is 2. The van der Waals surface area contributed by atoms with Crippen LogP contribution in [-0.2, 0) is 0 Å². The van der Waals surface area contributed by atoms with Crippen LogP contribution in [0.5, 0.6) is 0 Å². The Bertz CT molecular complexity index is 355. The van der Waals surface area contributed by atoms with E-state index in [2.05, 4.69) is 19.7 Å². The Hall–Kier alpha value is -1.96. The van der Waals surface area contributed by atoms with Gasteiger partial charge in [-0.05, 0) is 24.6 Å². The zero-order valence-corrected chi connectivity index (χ0v) is 8.90. The number of aliphatic hydroxyl groups is 2. The maximum Gasteiger partial charge on any atom is 0.123 e. The SMILES string of the molecule is C=C\C=C(O)/C(=C/C)C(/C=C)=C\C(=C)O. The zero-order chi connectivity index (χ0) is 11.8. The van der Waals surface area contributed by atoms with Gasteiger partial charge in [-0.1, -0.05) is 38.0 Å². The largest absolute Gasteiger partial charge is 0.509 e. The third kappa shape index (κ3) is 4.18. The lowest BCUT2D eigenvalue weighted by atomic mass is 10.0. The maximum atomic E-state index is 9.65. The number of hydrogen-bond donors (Lipinski definition) is 2. The van der Waals surface area contributed by atoms with E-state index < -0.39 is 0 Å². The lowest BCUT2D eigenvalue weighted by Crippen LogP contribution is -1.92. The van der Waals surface area contributed by atoms with Crippen LogP contribution in [0.15, 0.2) is 72.8 Å². The lowest BCUT2D eigenvalue weighted by Gasteiger charge is -2.06. The molecule has 0 saturated heterocycles. The summed E-state index contributed by atoms with van der Waals surface area (Å²) < 4.78 is 0. The van der Waals surface area contributed by atoms with Crippen LogP contribution in [0.25, 0.3) is 0 Å². The molecular weight excluding hydrogens is 188 g/mol. The molecule has 0 fully saturated rings. The van der Waals surface area contributed by atoms with Crippen molar-refractivity contribution in [2.24, 2.45) is 0 Å². The van der Waals surface area contributed by atoms with Crippen molar-refractivity contribution in [2.45, 2.75) is 6.92 Å². The Morgan fingerprint density at radius 2 is 1.80 bits per heavy atom. The molecule has 0 amide bonds. The van der Waals surface area contributed by atoms with Gasteiger partial charge in [0.05, 0.1) is 0 Å². The summed E-state index contributed by atoms with van der Waals surface area (Å²) in [5.41, 5.74) is 1.17. The molecule has 0 aliphatic carbocycles. The topological polar surface area (TPSA) is 40.5 Å². The highest BCUT2D eigenvalue weighted by Gasteiger charge is 2.05. The molecule has 0 aromatic carbocycles. The Morgan fingerprint density at radius 1 is 1.20 bits per heavy atom. The standard InChI is InChI=1S/C13H16O2/c1-5-8-13(15)12(7-3)11(6-2)9-10(4)14/h5-9,14-15H,1-2,4H2,3H3/b11-9-,12-7+,13-8+. The molecule has 0 rings (SSSR count). The first-order valence-corrected chi connectivity index (χ1v) is 4.47. The van der Waals surface area contributed by atoms with Crippen molar-refractivity contribution in [3.05, 3.63) is 72.8 Å². The van der Waals surface area contributed by atoms with Gasteiger partial charge < -0.3 is 10.2 Å². The fourth-order valence-electron chi connectivity index (χ4n) is 1.09. The van der Waals surface area contributed by atoms with E-state index in [4.69, 9.17) is 5.11 Å². The third-order valence-corrected chi connectivity index (χ3v) is 1.69. The van der Waals surface area contributed by atoms with Gasteiger partial charge in [0.1, 0.15) is 11.5 Å². The van der Waals surface area contributed by atoms with Crippen LogP contribution >= 0.6 is 0 Å². The Labute approximate surface area is 90.6 Å². The fourth-order valence-corrected chi connectivity index (χ4v) is 1.09. The molecule has 0 aromatic rings. The van der Waals surface area contributed by atoms with Crippen molar-refractivity contribution in [2.75, 3.05) is 0 Å². The molecule has 0 saturated carbocycles. The van der Waals surface area contributed by atoms with Crippen molar-refractivity contribution in [1.29, 1.82) is 0 Å². The quantitative estimate of drug-likeness (QED) is 0.529. The van der Waals surface area contributed by atoms with Crippen LogP contribution < -0.4 is 0 Å². The molecule has 0 unspecified atom stereocenters. The van der Waals surface area contributed by atoms with Crippen LogP contribution in [-0.4, -0.2) is 10.2 Å². The molecule has 0 aromatic heterocycles. The minimum atomic E-state index is -0.0874. The Kier molecular flexibility index (Phi) is 5.64. The van der Waals surface area contributed by atoms with Gasteiger partial charge in [0.2, 0.25) is 0 Å². The molecule has 2 heteroatoms. The highest BCUT2D eigenvalue weighted by molar-refractivity contribution is 5.50. The first-order chi connectivity index (χ1) is 7.06. The first kappa shape index (κ1) is 13.0. The summed E-state index contributed by atoms with van der Waals surface area (Å²) in [6, 6.07) is 0. The van der Waals surface area contributed by atoms with Gasteiger partial charge in [0, 0.05) is 5.57 Å². The summed E-state index contributed by atoms with van der Waals surface area (Å²) in [5, 5.41) is 18.7. The summed E-state index contributed by atoms with van der Waals surface area (Å²) >= 11 is 0. The van der Waals surface area contributed by atoms with E-state index >= 15 is 0 Å². The average molecular weight is 204 g/mol. The number of allylic oxidation sites excluding steroid dienone is 6. The second-order valence-electron chi connectivity index (χ2n) is 2.79. The predicted octanol–water partition coefficient (Wildman–Crippen LogP) is 3.74. The Morgan fingerprint density at radius 3 is 2.13 bits per heavy atom. The molecule has 0 atom stereocenters. The van der Waals surface area contributed by atoms with Crippen LogP contribution in [0.1, 0.15) is 6.92 Å². The lowest BCUT2D eigenvalue weighted by molar-refractivity contribution is 0.424. The molecule has 0 bridgehead atoms. The predicted molar refractivity (Wildman–Crippen MR) is 64.7 cm³/mol. The minimum Gasteiger partial charge on any atom is -0.509 e. The summed E-state index contributed by atoms with van der Waals surface area (Å²) in [6.07, 6.45) is 7.62. The molecule has 2 N–H and O–H groups in total. The highest BCUT2D eigenvalue weighted by atomic mass is 16.3. The summed E-state index contributed by atoms with van der Waals surface area (Å²) in [5.74, 6) is -0.0180. The van der Waals surface area contributed by atoms with E-state index in [1.165, 1.54) is 24.3 Å². The number of rotatable bonds is 5. The van der Waals surface area contributed by atoms with Gasteiger partial charge >= 0.3 is 0 Å². The van der Waals surface area contributed by atoms with E-state index in [0.717, 1.165) is 0 Å². The summed E-state index contributed by atoms with van der Waals surface area (Å²) in [4.78, 5) is 0. The van der Waals surface area contributed by atoms with Gasteiger partial charge in [-0.15, -0.1) is 0 Å². The van der Waals surface area contributed by atoms with Gasteiger partial charge in [0.15, 0.2) is 0 Å². The summed E-state index contributed by atoms with van der Waals surface area (Å²) in [7, 11) is 0. The van der Waals surface area contributed by atoms with Crippen molar-refractivity contribution in [1.82, 2.24) is 0 Å². The smallest absolute Gasteiger partial charge is 0.123 e. The van der Waals surface area contributed by atoms with Gasteiger partial charge in [0.25, 0.3) is 0 Å². The molecule has 0 aliphatic rings. The molecular formula is C13H16O2. The van der Waals surface area contributed by atoms with Crippen LogP contribution in [0, 0.1) is 0 Å². The number of aliphatic hydroxyl groups excluding tert-OH is 2. The maximum absolute atomic E-state index is 9.65. The van der Waals surface area contributed by atoms with Crippen molar-refractivity contribution in [3.8, 4) is 0 Å². The molecule has 0 radical (unpaired) electrons. The molecule has 0 aliphatic heterocycles. The fraction of sp³-hybridized carbons (Fsp3) is 0.0769. The van der Waals surface area contributed by atoms with Gasteiger partial charge in [-0.2, -0.15) is 0 Å². The minimum absolute atomic E-state index is 0.0694. The van der Waals surface area contributed by atoms with E-state index in [9.17, 15) is 5.11 Å². The summed E-state index contributed by atoms with van der Waals surface area (Å²) in [6.45, 7) is 12.2. The molecule has 0 spiro atoms. The van der Waals surface area contributed by atoms with Crippen molar-refractivity contribution < 1.29 is 10.2 Å². The van der Waals surface area contributed by atoms with Crippen LogP contribution in [0.3, 0.4) is 0 Å². The van der Waals surface area contributed by atoms with E-state index in [1.807, 2.05) is 0 Å². The van der Waals surface area contributed by atoms with E-state index in [0.29, 0.717) is 11.1 Å². The zero-order valence-electron chi connectivity index (χ0n) is 8.90.